The fourth-order valence-corrected chi connectivity index (χ4v) is 1.85. The first kappa shape index (κ1) is 11.5. The highest BCUT2D eigenvalue weighted by Gasteiger charge is 2.11. The number of carbonyl (C=O) groups is 1. The van der Waals surface area contributed by atoms with Gasteiger partial charge < -0.3 is 9.72 Å². The molecule has 0 amide bonds. The predicted octanol–water partition coefficient (Wildman–Crippen LogP) is 3.53. The van der Waals surface area contributed by atoms with Crippen molar-refractivity contribution in [2.45, 2.75) is 0 Å². The minimum atomic E-state index is -0.497. The van der Waals surface area contributed by atoms with E-state index in [1.54, 1.807) is 6.07 Å². The van der Waals surface area contributed by atoms with Crippen molar-refractivity contribution in [2.75, 3.05) is 0 Å². The van der Waals surface area contributed by atoms with Gasteiger partial charge in [0.25, 0.3) is 0 Å². The summed E-state index contributed by atoms with van der Waals surface area (Å²) in [6.07, 6.45) is 0. The molecule has 4 heteroatoms. The SMILES string of the molecule is O=C(Oc1ccc(F)cc1)c1cc2ccccc2[nH]1. The largest absolute Gasteiger partial charge is 0.422 e. The molecule has 0 radical (unpaired) electrons. The molecule has 19 heavy (non-hydrogen) atoms. The van der Waals surface area contributed by atoms with Crippen LogP contribution in [0.1, 0.15) is 10.5 Å². The highest BCUT2D eigenvalue weighted by molar-refractivity contribution is 5.95. The number of carbonyl (C=O) groups excluding carboxylic acids is 1. The van der Waals surface area contributed by atoms with Crippen LogP contribution in [-0.4, -0.2) is 11.0 Å². The van der Waals surface area contributed by atoms with E-state index in [-0.39, 0.29) is 5.82 Å². The Balaban J connectivity index is 1.85. The highest BCUT2D eigenvalue weighted by Crippen LogP contribution is 2.17. The Labute approximate surface area is 108 Å². The van der Waals surface area contributed by atoms with E-state index in [9.17, 15) is 9.18 Å². The van der Waals surface area contributed by atoms with Crippen molar-refractivity contribution >= 4 is 16.9 Å². The third-order valence-electron chi connectivity index (χ3n) is 2.77. The zero-order valence-corrected chi connectivity index (χ0v) is 9.89. The Morgan fingerprint density at radius 2 is 1.79 bits per heavy atom. The number of aromatic amines is 1. The zero-order valence-electron chi connectivity index (χ0n) is 9.89. The van der Waals surface area contributed by atoms with Gasteiger partial charge in [-0.15, -0.1) is 0 Å². The maximum Gasteiger partial charge on any atom is 0.360 e. The topological polar surface area (TPSA) is 42.1 Å². The van der Waals surface area contributed by atoms with Crippen LogP contribution in [0, 0.1) is 5.82 Å². The van der Waals surface area contributed by atoms with Crippen LogP contribution >= 0.6 is 0 Å². The lowest BCUT2D eigenvalue weighted by atomic mass is 10.2. The number of halogens is 1. The molecule has 94 valence electrons. The van der Waals surface area contributed by atoms with Crippen LogP contribution in [-0.2, 0) is 0 Å². The summed E-state index contributed by atoms with van der Waals surface area (Å²) in [4.78, 5) is 14.9. The molecule has 1 N–H and O–H groups in total. The fourth-order valence-electron chi connectivity index (χ4n) is 1.85. The summed E-state index contributed by atoms with van der Waals surface area (Å²) < 4.78 is 17.9. The van der Waals surface area contributed by atoms with Crippen molar-refractivity contribution < 1.29 is 13.9 Å². The van der Waals surface area contributed by atoms with Gasteiger partial charge >= 0.3 is 5.97 Å². The molecule has 0 bridgehead atoms. The van der Waals surface area contributed by atoms with Crippen LogP contribution in [0.3, 0.4) is 0 Å². The second kappa shape index (κ2) is 4.57. The van der Waals surface area contributed by atoms with Gasteiger partial charge in [-0.3, -0.25) is 0 Å². The molecule has 3 rings (SSSR count). The molecule has 0 atom stereocenters. The maximum absolute atomic E-state index is 12.7. The van der Waals surface area contributed by atoms with E-state index < -0.39 is 5.97 Å². The number of H-pyrrole nitrogens is 1. The lowest BCUT2D eigenvalue weighted by molar-refractivity contribution is 0.0729. The second-order valence-corrected chi connectivity index (χ2v) is 4.11. The van der Waals surface area contributed by atoms with E-state index in [2.05, 4.69) is 4.98 Å². The fraction of sp³-hybridized carbons (Fsp3) is 0. The molecule has 0 saturated carbocycles. The molecular weight excluding hydrogens is 245 g/mol. The average Bonchev–Trinajstić information content (AvgIpc) is 2.85. The summed E-state index contributed by atoms with van der Waals surface area (Å²) in [6.45, 7) is 0. The van der Waals surface area contributed by atoms with Crippen LogP contribution in [0.15, 0.2) is 54.6 Å². The Morgan fingerprint density at radius 3 is 2.53 bits per heavy atom. The Kier molecular flexibility index (Phi) is 2.76. The second-order valence-electron chi connectivity index (χ2n) is 4.11. The summed E-state index contributed by atoms with van der Waals surface area (Å²) in [5.74, 6) is -0.557. The van der Waals surface area contributed by atoms with E-state index in [0.29, 0.717) is 11.4 Å². The lowest BCUT2D eigenvalue weighted by Crippen LogP contribution is -2.08. The van der Waals surface area contributed by atoms with E-state index >= 15 is 0 Å². The van der Waals surface area contributed by atoms with Crippen molar-refractivity contribution in [3.8, 4) is 5.75 Å². The molecule has 2 aromatic carbocycles. The van der Waals surface area contributed by atoms with Crippen LogP contribution in [0.2, 0.25) is 0 Å². The first-order valence-electron chi connectivity index (χ1n) is 5.78. The number of hydrogen-bond acceptors (Lipinski definition) is 2. The van der Waals surface area contributed by atoms with Crippen molar-refractivity contribution in [3.63, 3.8) is 0 Å². The number of para-hydroxylation sites is 1. The van der Waals surface area contributed by atoms with Gasteiger partial charge in [0.1, 0.15) is 17.3 Å². The lowest BCUT2D eigenvalue weighted by Gasteiger charge is -2.01. The Morgan fingerprint density at radius 1 is 1.05 bits per heavy atom. The van der Waals surface area contributed by atoms with Crippen LogP contribution in [0.5, 0.6) is 5.75 Å². The number of benzene rings is 2. The zero-order chi connectivity index (χ0) is 13.2. The highest BCUT2D eigenvalue weighted by atomic mass is 19.1. The van der Waals surface area contributed by atoms with E-state index in [1.807, 2.05) is 24.3 Å². The van der Waals surface area contributed by atoms with Gasteiger partial charge in [0.2, 0.25) is 0 Å². The van der Waals surface area contributed by atoms with Gasteiger partial charge in [-0.05, 0) is 36.4 Å². The van der Waals surface area contributed by atoms with Gasteiger partial charge in [-0.1, -0.05) is 18.2 Å². The Bertz CT molecular complexity index is 698. The van der Waals surface area contributed by atoms with E-state index in [0.717, 1.165) is 10.9 Å². The van der Waals surface area contributed by atoms with Gasteiger partial charge in [0, 0.05) is 10.9 Å². The average molecular weight is 255 g/mol. The monoisotopic (exact) mass is 255 g/mol. The molecule has 1 aromatic heterocycles. The number of aromatic nitrogens is 1. The maximum atomic E-state index is 12.7. The molecule has 0 aliphatic rings. The molecule has 0 aliphatic carbocycles. The molecule has 1 heterocycles. The predicted molar refractivity (Wildman–Crippen MR) is 69.7 cm³/mol. The molecule has 0 fully saturated rings. The smallest absolute Gasteiger partial charge is 0.360 e. The van der Waals surface area contributed by atoms with Crippen molar-refractivity contribution in [1.82, 2.24) is 4.98 Å². The van der Waals surface area contributed by atoms with Gasteiger partial charge in [-0.2, -0.15) is 0 Å². The third-order valence-corrected chi connectivity index (χ3v) is 2.77. The van der Waals surface area contributed by atoms with Crippen LogP contribution < -0.4 is 4.74 Å². The molecule has 0 saturated heterocycles. The molecule has 0 spiro atoms. The number of esters is 1. The molecule has 0 unspecified atom stereocenters. The van der Waals surface area contributed by atoms with Crippen LogP contribution in [0.4, 0.5) is 4.39 Å². The van der Waals surface area contributed by atoms with Crippen molar-refractivity contribution in [3.05, 3.63) is 66.1 Å². The van der Waals surface area contributed by atoms with Crippen molar-refractivity contribution in [1.29, 1.82) is 0 Å². The first-order valence-corrected chi connectivity index (χ1v) is 5.78. The van der Waals surface area contributed by atoms with Gasteiger partial charge in [0.15, 0.2) is 0 Å². The van der Waals surface area contributed by atoms with E-state index in [4.69, 9.17) is 4.74 Å². The number of rotatable bonds is 2. The summed E-state index contributed by atoms with van der Waals surface area (Å²) in [5, 5.41) is 0.938. The third kappa shape index (κ3) is 2.33. The summed E-state index contributed by atoms with van der Waals surface area (Å²) in [6, 6.07) is 14.6. The normalized spacial score (nSPS) is 10.6. The number of fused-ring (bicyclic) bond motifs is 1. The Hall–Kier alpha value is -2.62. The minimum absolute atomic E-state index is 0.310. The summed E-state index contributed by atoms with van der Waals surface area (Å²) in [7, 11) is 0. The van der Waals surface area contributed by atoms with E-state index in [1.165, 1.54) is 24.3 Å². The standard InChI is InChI=1S/C15H10FNO2/c16-11-5-7-12(8-6-11)19-15(18)14-9-10-3-1-2-4-13(10)17-14/h1-9,17H. The molecular formula is C15H10FNO2. The molecule has 3 nitrogen and oxygen atoms in total. The van der Waals surface area contributed by atoms with Crippen molar-refractivity contribution in [2.24, 2.45) is 0 Å². The molecule has 3 aromatic rings. The number of hydrogen-bond donors (Lipinski definition) is 1. The summed E-state index contributed by atoms with van der Waals surface area (Å²) in [5.41, 5.74) is 1.24. The van der Waals surface area contributed by atoms with Gasteiger partial charge in [-0.25, -0.2) is 9.18 Å². The number of ether oxygens (including phenoxy) is 1. The minimum Gasteiger partial charge on any atom is -0.422 e. The first-order chi connectivity index (χ1) is 9.22. The summed E-state index contributed by atoms with van der Waals surface area (Å²) >= 11 is 0. The quantitative estimate of drug-likeness (QED) is 0.562. The molecule has 0 aliphatic heterocycles. The van der Waals surface area contributed by atoms with Crippen LogP contribution in [0.25, 0.3) is 10.9 Å². The number of nitrogens with one attached hydrogen (secondary N) is 1. The van der Waals surface area contributed by atoms with Gasteiger partial charge in [0.05, 0.1) is 0 Å².